The Morgan fingerprint density at radius 1 is 0.756 bits per heavy atom. The fourth-order valence-corrected chi connectivity index (χ4v) is 5.64. The fraction of sp³-hybridized carbons (Fsp3) is 0.194. The van der Waals surface area contributed by atoms with Crippen LogP contribution in [0.15, 0.2) is 127 Å². The first-order valence-corrected chi connectivity index (χ1v) is 15.0. The number of alkyl carbamates (subject to hydrolysis) is 1. The van der Waals surface area contributed by atoms with Crippen LogP contribution < -0.4 is 14.8 Å². The lowest BCUT2D eigenvalue weighted by molar-refractivity contribution is -0.161. The molecule has 0 aliphatic rings. The van der Waals surface area contributed by atoms with Crippen LogP contribution in [0.5, 0.6) is 11.5 Å². The van der Waals surface area contributed by atoms with Gasteiger partial charge in [0.2, 0.25) is 5.12 Å². The van der Waals surface area contributed by atoms with Gasteiger partial charge in [0.15, 0.2) is 5.41 Å². The van der Waals surface area contributed by atoms with Gasteiger partial charge in [-0.05, 0) is 59.5 Å². The van der Waals surface area contributed by atoms with Crippen molar-refractivity contribution in [2.24, 2.45) is 5.41 Å². The third-order valence-corrected chi connectivity index (χ3v) is 8.15. The van der Waals surface area contributed by atoms with Crippen molar-refractivity contribution in [2.75, 3.05) is 14.2 Å². The highest BCUT2D eigenvalue weighted by atomic mass is 32.2. The van der Waals surface area contributed by atoms with Crippen molar-refractivity contribution >= 4 is 28.9 Å². The van der Waals surface area contributed by atoms with E-state index in [4.69, 9.17) is 18.9 Å². The zero-order valence-electron chi connectivity index (χ0n) is 25.1. The van der Waals surface area contributed by atoms with Gasteiger partial charge in [-0.3, -0.25) is 9.59 Å². The molecule has 0 spiro atoms. The van der Waals surface area contributed by atoms with E-state index in [1.807, 2.05) is 30.3 Å². The van der Waals surface area contributed by atoms with Gasteiger partial charge in [-0.15, -0.1) is 6.58 Å². The molecule has 0 fully saturated rings. The summed E-state index contributed by atoms with van der Waals surface area (Å²) in [6, 6.07) is 30.8. The first kappa shape index (κ1) is 32.9. The largest absolute Gasteiger partial charge is 0.497 e. The highest BCUT2D eigenvalue weighted by molar-refractivity contribution is 8.13. The van der Waals surface area contributed by atoms with E-state index in [2.05, 4.69) is 11.9 Å². The molecule has 8 nitrogen and oxygen atoms in total. The lowest BCUT2D eigenvalue weighted by atomic mass is 9.75. The van der Waals surface area contributed by atoms with E-state index >= 15 is 0 Å². The number of ether oxygens (including phenoxy) is 4. The molecule has 4 rings (SSSR count). The number of rotatable bonds is 14. The number of carbonyl (C=O) groups excluding carboxylic acids is 3. The zero-order chi connectivity index (χ0) is 32.1. The van der Waals surface area contributed by atoms with Crippen LogP contribution in [0.25, 0.3) is 0 Å². The average Bonchev–Trinajstić information content (AvgIpc) is 3.09. The summed E-state index contributed by atoms with van der Waals surface area (Å²) < 4.78 is 21.9. The number of methoxy groups -OCH3 is 2. The molecule has 1 amide bonds. The van der Waals surface area contributed by atoms with Gasteiger partial charge in [0.25, 0.3) is 0 Å². The van der Waals surface area contributed by atoms with Crippen LogP contribution in [-0.2, 0) is 32.3 Å². The summed E-state index contributed by atoms with van der Waals surface area (Å²) in [5, 5.41) is 2.29. The van der Waals surface area contributed by atoms with Gasteiger partial charge >= 0.3 is 12.1 Å². The smallest absolute Gasteiger partial charge is 0.408 e. The normalized spacial score (nSPS) is 12.6. The van der Waals surface area contributed by atoms with Crippen LogP contribution in [-0.4, -0.2) is 31.4 Å². The summed E-state index contributed by atoms with van der Waals surface area (Å²) in [5.41, 5.74) is 0.0668. The van der Waals surface area contributed by atoms with E-state index in [0.29, 0.717) is 27.5 Å². The van der Waals surface area contributed by atoms with Gasteiger partial charge in [0.1, 0.15) is 24.7 Å². The lowest BCUT2D eigenvalue weighted by Crippen LogP contribution is -2.50. The molecular formula is C36H35NO7S. The standard InChI is InChI=1S/C36H35NO7S/c1-4-23-36(34(39)45-31-21-19-30(42-3)20-22-31,33(38)43-24-27-15-17-29(41-2)18-16-27)32(28-13-9-6-10-14-28)37-35(40)44-25-26-11-7-5-8-12-26/h4-22,32H,1,23-25H2,2-3H3,(H,37,40)/t32-,36-/m0/s1. The van der Waals surface area contributed by atoms with Crippen LogP contribution in [0.4, 0.5) is 4.79 Å². The van der Waals surface area contributed by atoms with E-state index in [9.17, 15) is 14.4 Å². The molecule has 4 aromatic carbocycles. The molecule has 1 N–H and O–H groups in total. The molecular weight excluding hydrogens is 590 g/mol. The Hall–Kier alpha value is -5.02. The Bertz CT molecular complexity index is 1560. The maximum absolute atomic E-state index is 14.5. The summed E-state index contributed by atoms with van der Waals surface area (Å²) in [7, 11) is 3.11. The summed E-state index contributed by atoms with van der Waals surface area (Å²) in [4.78, 5) is 42.7. The third kappa shape index (κ3) is 8.55. The molecule has 0 saturated carbocycles. The van der Waals surface area contributed by atoms with Crippen LogP contribution in [0, 0.1) is 5.41 Å². The second-order valence-corrected chi connectivity index (χ2v) is 11.0. The van der Waals surface area contributed by atoms with Crippen molar-refractivity contribution < 1.29 is 33.3 Å². The molecule has 0 saturated heterocycles. The second kappa shape index (κ2) is 16.2. The second-order valence-electron chi connectivity index (χ2n) is 10.0. The van der Waals surface area contributed by atoms with Crippen LogP contribution in [0.2, 0.25) is 0 Å². The van der Waals surface area contributed by atoms with E-state index in [1.54, 1.807) is 93.1 Å². The molecule has 4 aromatic rings. The number of allylic oxidation sites excluding steroid dienone is 1. The molecule has 0 aliphatic carbocycles. The molecule has 0 bridgehead atoms. The molecule has 2 atom stereocenters. The molecule has 232 valence electrons. The summed E-state index contributed by atoms with van der Waals surface area (Å²) in [6.07, 6.45) is 0.551. The van der Waals surface area contributed by atoms with Crippen molar-refractivity contribution in [2.45, 2.75) is 30.6 Å². The van der Waals surface area contributed by atoms with Gasteiger partial charge in [0, 0.05) is 4.90 Å². The molecule has 0 unspecified atom stereocenters. The Morgan fingerprint density at radius 2 is 1.29 bits per heavy atom. The van der Waals surface area contributed by atoms with E-state index in [1.165, 1.54) is 6.08 Å². The molecule has 0 aliphatic heterocycles. The van der Waals surface area contributed by atoms with Gasteiger partial charge in [-0.2, -0.15) is 0 Å². The molecule has 0 heterocycles. The predicted molar refractivity (Wildman–Crippen MR) is 173 cm³/mol. The fourth-order valence-electron chi connectivity index (χ4n) is 4.69. The predicted octanol–water partition coefficient (Wildman–Crippen LogP) is 7.30. The summed E-state index contributed by atoms with van der Waals surface area (Å²) in [5.74, 6) is 0.453. The first-order chi connectivity index (χ1) is 21.9. The lowest BCUT2D eigenvalue weighted by Gasteiger charge is -2.37. The van der Waals surface area contributed by atoms with Gasteiger partial charge in [-0.1, -0.05) is 90.6 Å². The van der Waals surface area contributed by atoms with Crippen LogP contribution >= 0.6 is 11.8 Å². The van der Waals surface area contributed by atoms with Crippen molar-refractivity contribution in [1.82, 2.24) is 5.32 Å². The summed E-state index contributed by atoms with van der Waals surface area (Å²) >= 11 is 0.873. The first-order valence-electron chi connectivity index (χ1n) is 14.2. The number of amides is 1. The molecule has 0 aromatic heterocycles. The highest BCUT2D eigenvalue weighted by Gasteiger charge is 2.54. The highest BCUT2D eigenvalue weighted by Crippen LogP contribution is 2.45. The van der Waals surface area contributed by atoms with Gasteiger partial charge in [0.05, 0.1) is 20.3 Å². The summed E-state index contributed by atoms with van der Waals surface area (Å²) in [6.45, 7) is 3.76. The number of hydrogen-bond donors (Lipinski definition) is 1. The Balaban J connectivity index is 1.72. The van der Waals surface area contributed by atoms with Crippen molar-refractivity contribution in [3.05, 3.63) is 139 Å². The maximum Gasteiger partial charge on any atom is 0.408 e. The molecule has 9 heteroatoms. The topological polar surface area (TPSA) is 100 Å². The third-order valence-electron chi connectivity index (χ3n) is 7.09. The van der Waals surface area contributed by atoms with E-state index in [-0.39, 0.29) is 19.6 Å². The number of thioether (sulfide) groups is 1. The number of benzene rings is 4. The molecule has 0 radical (unpaired) electrons. The Kier molecular flexibility index (Phi) is 11.8. The number of nitrogens with one attached hydrogen (secondary N) is 1. The maximum atomic E-state index is 14.5. The number of carbonyl (C=O) groups is 3. The van der Waals surface area contributed by atoms with Crippen LogP contribution in [0.3, 0.4) is 0 Å². The van der Waals surface area contributed by atoms with E-state index in [0.717, 1.165) is 17.3 Å². The van der Waals surface area contributed by atoms with Crippen LogP contribution in [0.1, 0.15) is 29.2 Å². The number of hydrogen-bond acceptors (Lipinski definition) is 8. The minimum atomic E-state index is -1.92. The van der Waals surface area contributed by atoms with Crippen molar-refractivity contribution in [1.29, 1.82) is 0 Å². The van der Waals surface area contributed by atoms with Gasteiger partial charge in [-0.25, -0.2) is 4.79 Å². The average molecular weight is 626 g/mol. The Labute approximate surface area is 267 Å². The van der Waals surface area contributed by atoms with E-state index < -0.39 is 28.6 Å². The molecule has 45 heavy (non-hydrogen) atoms. The van der Waals surface area contributed by atoms with Gasteiger partial charge < -0.3 is 24.3 Å². The van der Waals surface area contributed by atoms with Crippen molar-refractivity contribution in [3.63, 3.8) is 0 Å². The SMILES string of the molecule is C=CC[C@](C(=O)OCc1ccc(OC)cc1)(C(=O)Sc1ccc(OC)cc1)[C@@H](NC(=O)OCc1ccccc1)c1ccccc1. The zero-order valence-corrected chi connectivity index (χ0v) is 26.0. The quantitative estimate of drug-likeness (QED) is 0.0675. The minimum absolute atomic E-state index is 0.000891. The van der Waals surface area contributed by atoms with Crippen molar-refractivity contribution in [3.8, 4) is 11.5 Å². The monoisotopic (exact) mass is 625 g/mol. The minimum Gasteiger partial charge on any atom is -0.497 e. The Morgan fingerprint density at radius 3 is 1.87 bits per heavy atom. The number of esters is 1.